The van der Waals surface area contributed by atoms with Gasteiger partial charge in [-0.05, 0) is 61.7 Å². The third-order valence-corrected chi connectivity index (χ3v) is 8.59. The number of aromatic nitrogens is 4. The molecule has 1 aromatic carbocycles. The highest BCUT2D eigenvalue weighted by molar-refractivity contribution is 9.10. The Morgan fingerprint density at radius 2 is 1.95 bits per heavy atom. The van der Waals surface area contributed by atoms with Crippen molar-refractivity contribution < 1.29 is 9.90 Å². The van der Waals surface area contributed by atoms with Crippen LogP contribution in [0, 0.1) is 0 Å². The van der Waals surface area contributed by atoms with Crippen LogP contribution in [0.4, 0.5) is 0 Å². The van der Waals surface area contributed by atoms with Crippen molar-refractivity contribution in [2.75, 3.05) is 26.2 Å². The van der Waals surface area contributed by atoms with Crippen molar-refractivity contribution in [3.8, 4) is 11.3 Å². The molecule has 6 rings (SSSR count). The van der Waals surface area contributed by atoms with Crippen LogP contribution < -0.4 is 0 Å². The first-order valence-corrected chi connectivity index (χ1v) is 14.2. The van der Waals surface area contributed by atoms with Crippen LogP contribution in [-0.4, -0.2) is 72.8 Å². The minimum Gasteiger partial charge on any atom is -0.390 e. The Labute approximate surface area is 230 Å². The fourth-order valence-electron chi connectivity index (χ4n) is 6.05. The van der Waals surface area contributed by atoms with Crippen LogP contribution >= 0.6 is 15.9 Å². The molecule has 3 aromatic heterocycles. The van der Waals surface area contributed by atoms with E-state index in [1.165, 1.54) is 10.9 Å². The van der Waals surface area contributed by atoms with Gasteiger partial charge < -0.3 is 19.9 Å². The third-order valence-electron chi connectivity index (χ3n) is 8.06. The number of β-amino-alcohol motifs (C(OH)–C–C–N with tert-alkyl or cyclic N) is 1. The second-order valence-electron chi connectivity index (χ2n) is 10.5. The van der Waals surface area contributed by atoms with Crippen LogP contribution in [0.5, 0.6) is 0 Å². The van der Waals surface area contributed by atoms with Gasteiger partial charge in [-0.1, -0.05) is 28.1 Å². The number of H-pyrrole nitrogens is 1. The number of carbonyl (C=O) groups is 1. The van der Waals surface area contributed by atoms with E-state index in [-0.39, 0.29) is 5.91 Å². The smallest absolute Gasteiger partial charge is 0.219 e. The Hall–Kier alpha value is -3.01. The summed E-state index contributed by atoms with van der Waals surface area (Å²) in [6.07, 6.45) is 6.31. The van der Waals surface area contributed by atoms with Gasteiger partial charge in [0.15, 0.2) is 0 Å². The minimum absolute atomic E-state index is 0.0810. The fourth-order valence-corrected chi connectivity index (χ4v) is 6.31. The van der Waals surface area contributed by atoms with Crippen LogP contribution in [0.1, 0.15) is 42.5 Å². The molecule has 1 fully saturated rings. The molecule has 0 radical (unpaired) electrons. The van der Waals surface area contributed by atoms with Gasteiger partial charge in [-0.2, -0.15) is 5.10 Å². The minimum atomic E-state index is -0.517. The van der Waals surface area contributed by atoms with Gasteiger partial charge in [0.25, 0.3) is 0 Å². The third kappa shape index (κ3) is 5.02. The Kier molecular flexibility index (Phi) is 7.07. The largest absolute Gasteiger partial charge is 0.390 e. The first-order chi connectivity index (χ1) is 18.5. The molecule has 2 aliphatic rings. The summed E-state index contributed by atoms with van der Waals surface area (Å²) in [5.41, 5.74) is 6.46. The molecule has 0 bridgehead atoms. The zero-order valence-corrected chi connectivity index (χ0v) is 23.2. The number of fused-ring (bicyclic) bond motifs is 2. The lowest BCUT2D eigenvalue weighted by molar-refractivity contribution is -0.129. The van der Waals surface area contributed by atoms with Crippen molar-refractivity contribution in [3.05, 3.63) is 70.1 Å². The first-order valence-electron chi connectivity index (χ1n) is 13.4. The Bertz CT molecular complexity index is 1440. The maximum Gasteiger partial charge on any atom is 0.219 e. The summed E-state index contributed by atoms with van der Waals surface area (Å²) in [7, 11) is 0. The summed E-state index contributed by atoms with van der Waals surface area (Å²) in [5, 5.41) is 17.3. The molecule has 4 aromatic rings. The van der Waals surface area contributed by atoms with Gasteiger partial charge in [-0.15, -0.1) is 0 Å². The van der Waals surface area contributed by atoms with Gasteiger partial charge in [-0.3, -0.25) is 9.48 Å². The number of benzene rings is 1. The van der Waals surface area contributed by atoms with Gasteiger partial charge in [0, 0.05) is 72.1 Å². The van der Waals surface area contributed by atoms with Crippen molar-refractivity contribution in [1.29, 1.82) is 0 Å². The zero-order chi connectivity index (χ0) is 26.2. The van der Waals surface area contributed by atoms with E-state index in [0.29, 0.717) is 32.1 Å². The normalized spacial score (nSPS) is 17.6. The van der Waals surface area contributed by atoms with Crippen LogP contribution in [0.15, 0.2) is 53.3 Å². The maximum absolute atomic E-state index is 12.1. The standard InChI is InChI=1S/C29H33BrN6O2/c1-19(37)35-14-10-27-26(18-35)28(21-4-6-22(30)7-5-21)33-36(27)17-23(38)16-34-12-8-20(9-13-34)25-15-32-29-24(25)3-2-11-31-29/h2-7,11,15,20,23,38H,8-10,12-14,16-18H2,1H3,(H,31,32). The maximum atomic E-state index is 12.1. The molecule has 1 saturated heterocycles. The fraction of sp³-hybridized carbons (Fsp3) is 0.414. The predicted octanol–water partition coefficient (Wildman–Crippen LogP) is 4.33. The molecular formula is C29H33BrN6O2. The summed E-state index contributed by atoms with van der Waals surface area (Å²) >= 11 is 3.51. The second kappa shape index (κ2) is 10.6. The van der Waals surface area contributed by atoms with Crippen molar-refractivity contribution in [2.45, 2.75) is 51.3 Å². The average molecular weight is 578 g/mol. The number of aromatic amines is 1. The van der Waals surface area contributed by atoms with Gasteiger partial charge in [-0.25, -0.2) is 4.98 Å². The molecule has 2 aliphatic heterocycles. The van der Waals surface area contributed by atoms with Crippen LogP contribution in [0.2, 0.25) is 0 Å². The summed E-state index contributed by atoms with van der Waals surface area (Å²) in [5.74, 6) is 0.592. The number of pyridine rings is 1. The van der Waals surface area contributed by atoms with Crippen LogP contribution in [0.3, 0.4) is 0 Å². The van der Waals surface area contributed by atoms with Gasteiger partial charge in [0.1, 0.15) is 5.65 Å². The van der Waals surface area contributed by atoms with Crippen LogP contribution in [0.25, 0.3) is 22.3 Å². The summed E-state index contributed by atoms with van der Waals surface area (Å²) < 4.78 is 3.00. The number of carbonyl (C=O) groups excluding carboxylic acids is 1. The lowest BCUT2D eigenvalue weighted by Gasteiger charge is -2.33. The number of hydrogen-bond donors (Lipinski definition) is 2. The van der Waals surface area contributed by atoms with E-state index in [0.717, 1.165) is 65.0 Å². The number of hydrogen-bond acceptors (Lipinski definition) is 5. The zero-order valence-electron chi connectivity index (χ0n) is 21.6. The van der Waals surface area contributed by atoms with Crippen molar-refractivity contribution >= 4 is 32.9 Å². The SMILES string of the molecule is CC(=O)N1CCc2c(c(-c3ccc(Br)cc3)nn2CC(O)CN2CCC(c3c[nH]c4ncccc34)CC2)C1. The molecule has 1 amide bonds. The second-order valence-corrected chi connectivity index (χ2v) is 11.4. The highest BCUT2D eigenvalue weighted by Crippen LogP contribution is 2.33. The molecule has 198 valence electrons. The van der Waals surface area contributed by atoms with E-state index in [4.69, 9.17) is 5.10 Å². The van der Waals surface area contributed by atoms with E-state index in [1.807, 2.05) is 46.1 Å². The average Bonchev–Trinajstić information content (AvgIpc) is 3.51. The molecule has 0 spiro atoms. The molecule has 2 N–H and O–H groups in total. The van der Waals surface area contributed by atoms with Crippen molar-refractivity contribution in [2.24, 2.45) is 0 Å². The molecule has 5 heterocycles. The summed E-state index contributed by atoms with van der Waals surface area (Å²) in [6, 6.07) is 12.3. The number of halogens is 1. The number of nitrogens with zero attached hydrogens (tertiary/aromatic N) is 5. The molecule has 38 heavy (non-hydrogen) atoms. The van der Waals surface area contributed by atoms with E-state index in [1.54, 1.807) is 6.92 Å². The molecule has 8 nitrogen and oxygen atoms in total. The Morgan fingerprint density at radius 3 is 2.71 bits per heavy atom. The van der Waals surface area contributed by atoms with Gasteiger partial charge in [0.2, 0.25) is 5.91 Å². The Morgan fingerprint density at radius 1 is 1.16 bits per heavy atom. The number of aliphatic hydroxyl groups is 1. The van der Waals surface area contributed by atoms with Crippen LogP contribution in [-0.2, 0) is 24.3 Å². The molecule has 1 atom stereocenters. The number of likely N-dealkylation sites (tertiary alicyclic amines) is 1. The summed E-state index contributed by atoms with van der Waals surface area (Å²) in [4.78, 5) is 24.1. The van der Waals surface area contributed by atoms with E-state index in [9.17, 15) is 9.90 Å². The molecule has 0 aliphatic carbocycles. The molecule has 1 unspecified atom stereocenters. The predicted molar refractivity (Wildman–Crippen MR) is 151 cm³/mol. The highest BCUT2D eigenvalue weighted by Gasteiger charge is 2.29. The lowest BCUT2D eigenvalue weighted by Crippen LogP contribution is -2.40. The molecule has 0 saturated carbocycles. The van der Waals surface area contributed by atoms with E-state index in [2.05, 4.69) is 43.1 Å². The van der Waals surface area contributed by atoms with Gasteiger partial charge in [0.05, 0.1) is 18.3 Å². The van der Waals surface area contributed by atoms with E-state index < -0.39 is 6.10 Å². The van der Waals surface area contributed by atoms with Gasteiger partial charge >= 0.3 is 0 Å². The van der Waals surface area contributed by atoms with E-state index >= 15 is 0 Å². The number of nitrogens with one attached hydrogen (secondary N) is 1. The highest BCUT2D eigenvalue weighted by atomic mass is 79.9. The molecular weight excluding hydrogens is 544 g/mol. The number of amides is 1. The summed E-state index contributed by atoms with van der Waals surface area (Å²) in [6.45, 7) is 5.87. The lowest BCUT2D eigenvalue weighted by atomic mass is 9.89. The molecule has 9 heteroatoms. The topological polar surface area (TPSA) is 90.3 Å². The number of piperidine rings is 1. The number of rotatable bonds is 6. The first kappa shape index (κ1) is 25.3. The van der Waals surface area contributed by atoms with Crippen molar-refractivity contribution in [1.82, 2.24) is 29.5 Å². The monoisotopic (exact) mass is 576 g/mol. The van der Waals surface area contributed by atoms with Crippen molar-refractivity contribution in [3.63, 3.8) is 0 Å². The Balaban J connectivity index is 1.14. The number of aliphatic hydroxyl groups excluding tert-OH is 1. The quantitative estimate of drug-likeness (QED) is 0.356.